The molecule has 1 aromatic carbocycles. The SMILES string of the molecule is COc1c(-c2csc(C)n2)c(C)c(C#N)c2nc(C3CC3)oc12. The highest BCUT2D eigenvalue weighted by atomic mass is 32.1. The van der Waals surface area contributed by atoms with E-state index in [2.05, 4.69) is 16.0 Å². The van der Waals surface area contributed by atoms with Crippen molar-refractivity contribution in [3.05, 3.63) is 27.4 Å². The highest BCUT2D eigenvalue weighted by Gasteiger charge is 2.32. The van der Waals surface area contributed by atoms with Gasteiger partial charge in [-0.15, -0.1) is 11.3 Å². The third-order valence-corrected chi connectivity index (χ3v) is 4.95. The second kappa shape index (κ2) is 5.07. The zero-order valence-corrected chi connectivity index (χ0v) is 14.0. The fourth-order valence-electron chi connectivity index (χ4n) is 2.87. The van der Waals surface area contributed by atoms with Crippen molar-refractivity contribution in [1.82, 2.24) is 9.97 Å². The number of rotatable bonds is 3. The molecule has 0 amide bonds. The Morgan fingerprint density at radius 3 is 2.70 bits per heavy atom. The van der Waals surface area contributed by atoms with Gasteiger partial charge < -0.3 is 9.15 Å². The first-order valence-corrected chi connectivity index (χ1v) is 8.35. The average Bonchev–Trinajstić information content (AvgIpc) is 3.16. The quantitative estimate of drug-likeness (QED) is 0.717. The second-order valence-corrected chi connectivity index (χ2v) is 6.84. The standard InChI is InChI=1S/C17H15N3O2S/c1-8-11(6-18)14-16(22-17(20-14)10-4-5-10)15(21-3)13(8)12-7-23-9(2)19-12/h7,10H,4-5H2,1-3H3. The molecule has 0 unspecified atom stereocenters. The summed E-state index contributed by atoms with van der Waals surface area (Å²) in [5.74, 6) is 1.70. The molecule has 0 radical (unpaired) electrons. The first kappa shape index (κ1) is 14.2. The molecule has 0 N–H and O–H groups in total. The molecule has 5 nitrogen and oxygen atoms in total. The van der Waals surface area contributed by atoms with Gasteiger partial charge in [0.2, 0.25) is 0 Å². The number of nitriles is 1. The molecular weight excluding hydrogens is 310 g/mol. The highest BCUT2D eigenvalue weighted by Crippen LogP contribution is 2.46. The molecule has 2 aromatic heterocycles. The molecule has 0 atom stereocenters. The van der Waals surface area contributed by atoms with Crippen LogP contribution in [0, 0.1) is 25.2 Å². The van der Waals surface area contributed by atoms with Crippen LogP contribution < -0.4 is 4.74 Å². The van der Waals surface area contributed by atoms with Gasteiger partial charge in [-0.25, -0.2) is 9.97 Å². The summed E-state index contributed by atoms with van der Waals surface area (Å²) >= 11 is 1.57. The highest BCUT2D eigenvalue weighted by molar-refractivity contribution is 7.09. The first-order valence-electron chi connectivity index (χ1n) is 7.47. The van der Waals surface area contributed by atoms with Crippen molar-refractivity contribution in [3.63, 3.8) is 0 Å². The number of fused-ring (bicyclic) bond motifs is 1. The van der Waals surface area contributed by atoms with Crippen molar-refractivity contribution in [2.24, 2.45) is 0 Å². The molecule has 1 aliphatic carbocycles. The van der Waals surface area contributed by atoms with Gasteiger partial charge in [0.25, 0.3) is 0 Å². The van der Waals surface area contributed by atoms with Crippen molar-refractivity contribution in [2.45, 2.75) is 32.6 Å². The summed E-state index contributed by atoms with van der Waals surface area (Å²) in [5.41, 5.74) is 4.15. The topological polar surface area (TPSA) is 71.9 Å². The van der Waals surface area contributed by atoms with Crippen LogP contribution in [0.15, 0.2) is 9.80 Å². The molecule has 0 saturated heterocycles. The molecule has 1 fully saturated rings. The Bertz CT molecular complexity index is 961. The Morgan fingerprint density at radius 1 is 1.35 bits per heavy atom. The molecule has 4 rings (SSSR count). The summed E-state index contributed by atoms with van der Waals surface area (Å²) in [7, 11) is 1.61. The summed E-state index contributed by atoms with van der Waals surface area (Å²) in [6.45, 7) is 3.87. The number of benzene rings is 1. The number of oxazole rings is 1. The van der Waals surface area contributed by atoms with E-state index in [9.17, 15) is 5.26 Å². The summed E-state index contributed by atoms with van der Waals surface area (Å²) < 4.78 is 11.6. The Hall–Kier alpha value is -2.39. The molecule has 1 saturated carbocycles. The maximum atomic E-state index is 9.63. The van der Waals surface area contributed by atoms with Crippen molar-refractivity contribution in [3.8, 4) is 23.1 Å². The molecule has 0 aliphatic heterocycles. The Kier molecular flexibility index (Phi) is 3.13. The van der Waals surface area contributed by atoms with E-state index in [4.69, 9.17) is 9.15 Å². The predicted octanol–water partition coefficient (Wildman–Crippen LogP) is 4.33. The molecule has 2 heterocycles. The molecule has 0 spiro atoms. The van der Waals surface area contributed by atoms with Crippen molar-refractivity contribution >= 4 is 22.4 Å². The summed E-state index contributed by atoms with van der Waals surface area (Å²) in [4.78, 5) is 9.12. The predicted molar refractivity (Wildman–Crippen MR) is 87.8 cm³/mol. The Balaban J connectivity index is 2.09. The second-order valence-electron chi connectivity index (χ2n) is 5.78. The van der Waals surface area contributed by atoms with E-state index in [-0.39, 0.29) is 0 Å². The number of ether oxygens (including phenoxy) is 1. The average molecular weight is 325 g/mol. The van der Waals surface area contributed by atoms with E-state index >= 15 is 0 Å². The van der Waals surface area contributed by atoms with Gasteiger partial charge in [-0.1, -0.05) is 0 Å². The monoisotopic (exact) mass is 325 g/mol. The number of nitrogens with zero attached hydrogens (tertiary/aromatic N) is 3. The minimum Gasteiger partial charge on any atom is -0.492 e. The number of aromatic nitrogens is 2. The van der Waals surface area contributed by atoms with Gasteiger partial charge in [-0.2, -0.15) is 5.26 Å². The largest absolute Gasteiger partial charge is 0.492 e. The van der Waals surface area contributed by atoms with Crippen LogP contribution >= 0.6 is 11.3 Å². The third-order valence-electron chi connectivity index (χ3n) is 4.18. The van der Waals surface area contributed by atoms with Crippen LogP contribution in [0.3, 0.4) is 0 Å². The van der Waals surface area contributed by atoms with Crippen LogP contribution in [0.4, 0.5) is 0 Å². The molecule has 23 heavy (non-hydrogen) atoms. The van der Waals surface area contributed by atoms with Crippen LogP contribution in [0.25, 0.3) is 22.4 Å². The Morgan fingerprint density at radius 2 is 2.13 bits per heavy atom. The summed E-state index contributed by atoms with van der Waals surface area (Å²) in [6, 6.07) is 2.28. The minimum atomic E-state index is 0.379. The summed E-state index contributed by atoms with van der Waals surface area (Å²) in [5, 5.41) is 12.6. The van der Waals surface area contributed by atoms with Gasteiger partial charge >= 0.3 is 0 Å². The van der Waals surface area contributed by atoms with Crippen LogP contribution in [0.5, 0.6) is 5.75 Å². The summed E-state index contributed by atoms with van der Waals surface area (Å²) in [6.07, 6.45) is 2.18. The van der Waals surface area contributed by atoms with Crippen molar-refractivity contribution < 1.29 is 9.15 Å². The maximum Gasteiger partial charge on any atom is 0.198 e. The van der Waals surface area contributed by atoms with Gasteiger partial charge in [0.05, 0.1) is 28.9 Å². The zero-order valence-electron chi connectivity index (χ0n) is 13.1. The minimum absolute atomic E-state index is 0.379. The number of methoxy groups -OCH3 is 1. The smallest absolute Gasteiger partial charge is 0.198 e. The number of hydrogen-bond donors (Lipinski definition) is 0. The van der Waals surface area contributed by atoms with Crippen LogP contribution in [0.1, 0.15) is 40.8 Å². The molecular formula is C17H15N3O2S. The normalized spacial score (nSPS) is 14.2. The third kappa shape index (κ3) is 2.12. The number of thiazole rings is 1. The molecule has 3 aromatic rings. The van der Waals surface area contributed by atoms with E-state index in [0.717, 1.165) is 34.7 Å². The zero-order chi connectivity index (χ0) is 16.1. The number of aryl methyl sites for hydroxylation is 1. The fraction of sp³-hybridized carbons (Fsp3) is 0.353. The van der Waals surface area contributed by atoms with E-state index in [0.29, 0.717) is 34.2 Å². The Labute approximate surface area is 137 Å². The maximum absolute atomic E-state index is 9.63. The van der Waals surface area contributed by atoms with Gasteiger partial charge in [0, 0.05) is 11.3 Å². The lowest BCUT2D eigenvalue weighted by atomic mass is 9.98. The molecule has 0 bridgehead atoms. The fourth-order valence-corrected chi connectivity index (χ4v) is 3.47. The number of hydrogen-bond acceptors (Lipinski definition) is 6. The molecule has 116 valence electrons. The van der Waals surface area contributed by atoms with Gasteiger partial charge in [-0.05, 0) is 32.3 Å². The molecule has 1 aliphatic rings. The van der Waals surface area contributed by atoms with Crippen LogP contribution in [-0.2, 0) is 0 Å². The first-order chi connectivity index (χ1) is 11.1. The lowest BCUT2D eigenvalue weighted by Gasteiger charge is -2.11. The lowest BCUT2D eigenvalue weighted by molar-refractivity contribution is 0.408. The lowest BCUT2D eigenvalue weighted by Crippen LogP contribution is -1.96. The van der Waals surface area contributed by atoms with Crippen LogP contribution in [-0.4, -0.2) is 17.1 Å². The van der Waals surface area contributed by atoms with Crippen molar-refractivity contribution in [2.75, 3.05) is 7.11 Å². The van der Waals surface area contributed by atoms with Gasteiger partial charge in [0.1, 0.15) is 11.6 Å². The van der Waals surface area contributed by atoms with Gasteiger partial charge in [0.15, 0.2) is 17.2 Å². The van der Waals surface area contributed by atoms with Crippen molar-refractivity contribution in [1.29, 1.82) is 5.26 Å². The van der Waals surface area contributed by atoms with Gasteiger partial charge in [-0.3, -0.25) is 0 Å². The van der Waals surface area contributed by atoms with E-state index in [1.54, 1.807) is 18.4 Å². The molecule has 6 heteroatoms. The van der Waals surface area contributed by atoms with E-state index in [1.165, 1.54) is 0 Å². The van der Waals surface area contributed by atoms with E-state index < -0.39 is 0 Å². The van der Waals surface area contributed by atoms with E-state index in [1.807, 2.05) is 19.2 Å². The van der Waals surface area contributed by atoms with Crippen LogP contribution in [0.2, 0.25) is 0 Å².